The van der Waals surface area contributed by atoms with Crippen molar-refractivity contribution >= 4 is 5.78 Å². The van der Waals surface area contributed by atoms with E-state index in [1.807, 2.05) is 6.92 Å². The van der Waals surface area contributed by atoms with Gasteiger partial charge in [0, 0.05) is 18.9 Å². The van der Waals surface area contributed by atoms with E-state index in [0.29, 0.717) is 6.42 Å². The first-order valence-corrected chi connectivity index (χ1v) is 6.65. The largest absolute Gasteiger partial charge is 0.417 e. The van der Waals surface area contributed by atoms with Gasteiger partial charge in [-0.05, 0) is 25.7 Å². The molecule has 5 unspecified atom stereocenters. The Kier molecular flexibility index (Phi) is 3.68. The van der Waals surface area contributed by atoms with Crippen LogP contribution in [0.5, 0.6) is 0 Å². The first-order valence-electron chi connectivity index (χ1n) is 6.65. The van der Waals surface area contributed by atoms with E-state index in [4.69, 9.17) is 4.74 Å². The van der Waals surface area contributed by atoms with E-state index in [-0.39, 0.29) is 18.9 Å². The Morgan fingerprint density at radius 3 is 2.58 bits per heavy atom. The summed E-state index contributed by atoms with van der Waals surface area (Å²) in [5.74, 6) is -2.33. The first-order chi connectivity index (χ1) is 8.70. The number of carbonyl (C=O) groups is 1. The molecular weight excluding hydrogens is 261 g/mol. The van der Waals surface area contributed by atoms with Gasteiger partial charge in [0.1, 0.15) is 5.78 Å². The Labute approximate surface area is 110 Å². The van der Waals surface area contributed by atoms with Crippen LogP contribution >= 0.6 is 0 Å². The molecule has 2 aliphatic rings. The minimum absolute atomic E-state index is 0.00942. The Morgan fingerprint density at radius 1 is 1.42 bits per heavy atom. The SMILES string of the molecule is CCOC1CC(O)(C(F)(F)F)C2CC(C)CC1C2=O. The summed E-state index contributed by atoms with van der Waals surface area (Å²) in [5, 5.41) is 10.1. The quantitative estimate of drug-likeness (QED) is 0.844. The monoisotopic (exact) mass is 280 g/mol. The van der Waals surface area contributed by atoms with E-state index in [1.54, 1.807) is 6.92 Å². The van der Waals surface area contributed by atoms with E-state index in [2.05, 4.69) is 0 Å². The third-order valence-corrected chi connectivity index (χ3v) is 4.41. The van der Waals surface area contributed by atoms with Crippen LogP contribution in [0.15, 0.2) is 0 Å². The summed E-state index contributed by atoms with van der Waals surface area (Å²) < 4.78 is 44.8. The number of aliphatic hydroxyl groups is 1. The van der Waals surface area contributed by atoms with E-state index < -0.39 is 41.9 Å². The van der Waals surface area contributed by atoms with Crippen LogP contribution in [0, 0.1) is 17.8 Å². The third kappa shape index (κ3) is 2.29. The van der Waals surface area contributed by atoms with Crippen molar-refractivity contribution in [2.24, 2.45) is 17.8 Å². The van der Waals surface area contributed by atoms with Gasteiger partial charge in [0.05, 0.1) is 12.0 Å². The Hall–Kier alpha value is -0.620. The van der Waals surface area contributed by atoms with Gasteiger partial charge in [-0.3, -0.25) is 4.79 Å². The molecule has 2 saturated carbocycles. The van der Waals surface area contributed by atoms with Crippen molar-refractivity contribution in [3.8, 4) is 0 Å². The molecule has 0 aromatic carbocycles. The zero-order chi connectivity index (χ0) is 14.4. The summed E-state index contributed by atoms with van der Waals surface area (Å²) in [7, 11) is 0. The van der Waals surface area contributed by atoms with Crippen LogP contribution in [-0.4, -0.2) is 35.4 Å². The van der Waals surface area contributed by atoms with Crippen molar-refractivity contribution in [3.63, 3.8) is 0 Å². The van der Waals surface area contributed by atoms with E-state index in [1.165, 1.54) is 0 Å². The number of Topliss-reactive ketones (excluding diaryl/α,β-unsaturated/α-hetero) is 1. The number of ether oxygens (including phenoxy) is 1. The van der Waals surface area contributed by atoms with E-state index >= 15 is 0 Å². The normalized spacial score (nSPS) is 43.4. The lowest BCUT2D eigenvalue weighted by atomic mass is 9.59. The number of halogens is 3. The number of fused-ring (bicyclic) bond motifs is 2. The maximum atomic E-state index is 13.2. The predicted molar refractivity (Wildman–Crippen MR) is 61.4 cm³/mol. The molecule has 2 bridgehead atoms. The number of hydrogen-bond acceptors (Lipinski definition) is 3. The van der Waals surface area contributed by atoms with E-state index in [0.717, 1.165) is 0 Å². The lowest BCUT2D eigenvalue weighted by Crippen LogP contribution is -2.64. The third-order valence-electron chi connectivity index (χ3n) is 4.41. The van der Waals surface area contributed by atoms with E-state index in [9.17, 15) is 23.1 Å². The molecular formula is C13H19F3O3. The van der Waals surface area contributed by atoms with Crippen molar-refractivity contribution in [2.75, 3.05) is 6.61 Å². The molecule has 0 saturated heterocycles. The minimum Gasteiger partial charge on any atom is -0.380 e. The van der Waals surface area contributed by atoms with Crippen molar-refractivity contribution in [3.05, 3.63) is 0 Å². The van der Waals surface area contributed by atoms with Crippen molar-refractivity contribution in [2.45, 2.75) is 51.0 Å². The Morgan fingerprint density at radius 2 is 2.05 bits per heavy atom. The summed E-state index contributed by atoms with van der Waals surface area (Å²) >= 11 is 0. The Bertz CT molecular complexity index is 369. The molecule has 110 valence electrons. The van der Waals surface area contributed by atoms with Gasteiger partial charge in [0.25, 0.3) is 0 Å². The summed E-state index contributed by atoms with van der Waals surface area (Å²) in [5.41, 5.74) is -2.94. The molecule has 2 rings (SSSR count). The van der Waals surface area contributed by atoms with Gasteiger partial charge in [0.2, 0.25) is 0 Å². The van der Waals surface area contributed by atoms with Gasteiger partial charge in [0.15, 0.2) is 5.60 Å². The Balaban J connectivity index is 2.38. The number of hydrogen-bond donors (Lipinski definition) is 1. The molecule has 2 fully saturated rings. The van der Waals surface area contributed by atoms with Crippen LogP contribution in [-0.2, 0) is 9.53 Å². The highest BCUT2D eigenvalue weighted by atomic mass is 19.4. The lowest BCUT2D eigenvalue weighted by molar-refractivity contribution is -0.299. The molecule has 0 aromatic heterocycles. The zero-order valence-electron chi connectivity index (χ0n) is 11.0. The molecule has 6 heteroatoms. The fraction of sp³-hybridized carbons (Fsp3) is 0.923. The number of rotatable bonds is 2. The highest BCUT2D eigenvalue weighted by molar-refractivity contribution is 5.87. The number of ketones is 1. The van der Waals surface area contributed by atoms with Crippen LogP contribution in [0.4, 0.5) is 13.2 Å². The van der Waals surface area contributed by atoms with Crippen LogP contribution < -0.4 is 0 Å². The van der Waals surface area contributed by atoms with Gasteiger partial charge in [-0.2, -0.15) is 13.2 Å². The van der Waals surface area contributed by atoms with Gasteiger partial charge in [-0.15, -0.1) is 0 Å². The molecule has 3 nitrogen and oxygen atoms in total. The number of alkyl halides is 3. The summed E-state index contributed by atoms with van der Waals surface area (Å²) in [4.78, 5) is 12.2. The van der Waals surface area contributed by atoms with Gasteiger partial charge in [-0.25, -0.2) is 0 Å². The van der Waals surface area contributed by atoms with Crippen LogP contribution in [0.25, 0.3) is 0 Å². The van der Waals surface area contributed by atoms with Crippen LogP contribution in [0.1, 0.15) is 33.1 Å². The average Bonchev–Trinajstić information content (AvgIpc) is 2.27. The molecule has 0 amide bonds. The summed E-state index contributed by atoms with van der Waals surface area (Å²) in [6, 6.07) is 0. The molecule has 2 aliphatic carbocycles. The predicted octanol–water partition coefficient (Wildman–Crippen LogP) is 2.32. The smallest absolute Gasteiger partial charge is 0.380 e. The summed E-state index contributed by atoms with van der Waals surface area (Å²) in [6.07, 6.45) is -5.51. The first kappa shape index (κ1) is 14.8. The topological polar surface area (TPSA) is 46.5 Å². The van der Waals surface area contributed by atoms with Crippen LogP contribution in [0.2, 0.25) is 0 Å². The maximum absolute atomic E-state index is 13.2. The fourth-order valence-corrected chi connectivity index (χ4v) is 3.48. The standard InChI is InChI=1S/C13H19F3O3/c1-3-19-10-6-12(18,13(14,15)16)9-5-7(2)4-8(10)11(9)17/h7-10,18H,3-6H2,1-2H3. The van der Waals surface area contributed by atoms with Crippen molar-refractivity contribution in [1.82, 2.24) is 0 Å². The molecule has 0 radical (unpaired) electrons. The molecule has 0 spiro atoms. The van der Waals surface area contributed by atoms with Gasteiger partial charge >= 0.3 is 6.18 Å². The van der Waals surface area contributed by atoms with Crippen molar-refractivity contribution < 1.29 is 27.8 Å². The second kappa shape index (κ2) is 4.74. The maximum Gasteiger partial charge on any atom is 0.417 e. The molecule has 5 atom stereocenters. The summed E-state index contributed by atoms with van der Waals surface area (Å²) in [6.45, 7) is 3.73. The zero-order valence-corrected chi connectivity index (χ0v) is 11.0. The van der Waals surface area contributed by atoms with Gasteiger partial charge in [-0.1, -0.05) is 6.92 Å². The fourth-order valence-electron chi connectivity index (χ4n) is 3.48. The molecule has 0 aliphatic heterocycles. The molecule has 0 heterocycles. The second-order valence-electron chi connectivity index (χ2n) is 5.76. The van der Waals surface area contributed by atoms with Crippen molar-refractivity contribution in [1.29, 1.82) is 0 Å². The highest BCUT2D eigenvalue weighted by Gasteiger charge is 2.66. The highest BCUT2D eigenvalue weighted by Crippen LogP contribution is 2.52. The van der Waals surface area contributed by atoms with Gasteiger partial charge < -0.3 is 9.84 Å². The lowest BCUT2D eigenvalue weighted by Gasteiger charge is -2.50. The molecule has 0 aromatic rings. The van der Waals surface area contributed by atoms with Crippen LogP contribution in [0.3, 0.4) is 0 Å². The second-order valence-corrected chi connectivity index (χ2v) is 5.76. The number of carbonyl (C=O) groups excluding carboxylic acids is 1. The molecule has 1 N–H and O–H groups in total. The minimum atomic E-state index is -4.80. The molecule has 19 heavy (non-hydrogen) atoms. The average molecular weight is 280 g/mol.